The number of hydrogen-bond donors (Lipinski definition) is 1. The van der Waals surface area contributed by atoms with Crippen molar-refractivity contribution in [2.24, 2.45) is 0 Å². The number of amides is 1. The van der Waals surface area contributed by atoms with E-state index >= 15 is 0 Å². The van der Waals surface area contributed by atoms with Crippen LogP contribution in [-0.2, 0) is 16.1 Å². The molecule has 1 aliphatic rings. The lowest BCUT2D eigenvalue weighted by Crippen LogP contribution is -2.37. The second-order valence-electron chi connectivity index (χ2n) is 4.92. The van der Waals surface area contributed by atoms with Gasteiger partial charge in [0.1, 0.15) is 6.54 Å². The first kappa shape index (κ1) is 14.9. The summed E-state index contributed by atoms with van der Waals surface area (Å²) in [7, 11) is 0. The lowest BCUT2D eigenvalue weighted by Gasteiger charge is -2.27. The standard InChI is InChI=1S/C13H19N3O3S/c1-10-7-16(13(14-10)20-9-12(18)19)8-11(17)15-5-3-2-4-6-15/h7H,2-6,8-9H2,1H3,(H,18,19). The van der Waals surface area contributed by atoms with E-state index in [1.165, 1.54) is 6.42 Å². The predicted molar refractivity (Wildman–Crippen MR) is 75.8 cm³/mol. The van der Waals surface area contributed by atoms with E-state index in [9.17, 15) is 9.59 Å². The number of aliphatic carboxylic acids is 1. The molecule has 1 fully saturated rings. The number of thioether (sulfide) groups is 1. The first-order valence-corrected chi connectivity index (χ1v) is 7.71. The average molecular weight is 297 g/mol. The summed E-state index contributed by atoms with van der Waals surface area (Å²) in [5.74, 6) is -0.849. The number of imidazole rings is 1. The van der Waals surface area contributed by atoms with Gasteiger partial charge in [-0.15, -0.1) is 0 Å². The summed E-state index contributed by atoms with van der Waals surface area (Å²) in [6.45, 7) is 3.73. The van der Waals surface area contributed by atoms with Crippen LogP contribution in [0, 0.1) is 6.92 Å². The van der Waals surface area contributed by atoms with Crippen LogP contribution < -0.4 is 0 Å². The van der Waals surface area contributed by atoms with Crippen LogP contribution in [0.3, 0.4) is 0 Å². The highest BCUT2D eigenvalue weighted by molar-refractivity contribution is 7.99. The number of carboxylic acid groups (broad SMARTS) is 1. The molecule has 0 aliphatic carbocycles. The van der Waals surface area contributed by atoms with Crippen molar-refractivity contribution in [1.82, 2.24) is 14.5 Å². The minimum absolute atomic E-state index is 0.0473. The van der Waals surface area contributed by atoms with Gasteiger partial charge in [0.25, 0.3) is 0 Å². The van der Waals surface area contributed by atoms with Crippen LogP contribution in [0.25, 0.3) is 0 Å². The number of rotatable bonds is 5. The van der Waals surface area contributed by atoms with Crippen LogP contribution in [0.1, 0.15) is 25.0 Å². The molecular formula is C13H19N3O3S. The van der Waals surface area contributed by atoms with E-state index in [1.807, 2.05) is 11.8 Å². The molecule has 1 aromatic rings. The number of carboxylic acids is 1. The number of piperidine rings is 1. The number of aryl methyl sites for hydroxylation is 1. The van der Waals surface area contributed by atoms with Crippen LogP contribution in [-0.4, -0.2) is 50.3 Å². The topological polar surface area (TPSA) is 75.4 Å². The number of likely N-dealkylation sites (tertiary alicyclic amines) is 1. The second kappa shape index (κ2) is 6.78. The highest BCUT2D eigenvalue weighted by Crippen LogP contribution is 2.18. The summed E-state index contributed by atoms with van der Waals surface area (Å²) < 4.78 is 1.75. The van der Waals surface area contributed by atoms with E-state index in [0.29, 0.717) is 5.16 Å². The van der Waals surface area contributed by atoms with Gasteiger partial charge in [-0.2, -0.15) is 0 Å². The van der Waals surface area contributed by atoms with Crippen LogP contribution >= 0.6 is 11.8 Å². The van der Waals surface area contributed by atoms with E-state index in [-0.39, 0.29) is 18.2 Å². The molecule has 1 aliphatic heterocycles. The average Bonchev–Trinajstić information content (AvgIpc) is 2.77. The summed E-state index contributed by atoms with van der Waals surface area (Å²) in [5.41, 5.74) is 0.796. The zero-order chi connectivity index (χ0) is 14.5. The van der Waals surface area contributed by atoms with Gasteiger partial charge in [0.2, 0.25) is 5.91 Å². The Hall–Kier alpha value is -1.50. The van der Waals surface area contributed by atoms with Gasteiger partial charge in [0.15, 0.2) is 5.16 Å². The van der Waals surface area contributed by atoms with Gasteiger partial charge < -0.3 is 14.6 Å². The fourth-order valence-electron chi connectivity index (χ4n) is 2.27. The van der Waals surface area contributed by atoms with Crippen molar-refractivity contribution in [3.05, 3.63) is 11.9 Å². The molecule has 0 spiro atoms. The van der Waals surface area contributed by atoms with Crippen molar-refractivity contribution >= 4 is 23.6 Å². The van der Waals surface area contributed by atoms with Crippen molar-refractivity contribution in [3.63, 3.8) is 0 Å². The van der Waals surface area contributed by atoms with Crippen LogP contribution in [0.5, 0.6) is 0 Å². The Morgan fingerprint density at radius 3 is 2.70 bits per heavy atom. The fourth-order valence-corrected chi connectivity index (χ4v) is 3.01. The van der Waals surface area contributed by atoms with E-state index in [0.717, 1.165) is 43.4 Å². The van der Waals surface area contributed by atoms with Gasteiger partial charge in [-0.25, -0.2) is 4.98 Å². The van der Waals surface area contributed by atoms with E-state index < -0.39 is 5.97 Å². The molecule has 110 valence electrons. The van der Waals surface area contributed by atoms with Crippen molar-refractivity contribution in [2.45, 2.75) is 37.9 Å². The molecule has 1 saturated heterocycles. The zero-order valence-electron chi connectivity index (χ0n) is 11.5. The minimum atomic E-state index is -0.885. The van der Waals surface area contributed by atoms with Crippen molar-refractivity contribution in [3.8, 4) is 0 Å². The van der Waals surface area contributed by atoms with Gasteiger partial charge in [-0.1, -0.05) is 11.8 Å². The lowest BCUT2D eigenvalue weighted by atomic mass is 10.1. The van der Waals surface area contributed by atoms with Gasteiger partial charge in [-0.05, 0) is 26.2 Å². The molecule has 0 unspecified atom stereocenters. The highest BCUT2D eigenvalue weighted by Gasteiger charge is 2.18. The SMILES string of the molecule is Cc1cn(CC(=O)N2CCCCC2)c(SCC(=O)O)n1. The number of carbonyl (C=O) groups excluding carboxylic acids is 1. The fraction of sp³-hybridized carbons (Fsp3) is 0.615. The molecule has 0 bridgehead atoms. The Labute approximate surface area is 122 Å². The van der Waals surface area contributed by atoms with Crippen LogP contribution in [0.2, 0.25) is 0 Å². The van der Waals surface area contributed by atoms with Crippen LogP contribution in [0.15, 0.2) is 11.4 Å². The quantitative estimate of drug-likeness (QED) is 0.831. The molecule has 6 nitrogen and oxygen atoms in total. The number of nitrogens with zero attached hydrogens (tertiary/aromatic N) is 3. The monoisotopic (exact) mass is 297 g/mol. The predicted octanol–water partition coefficient (Wildman–Crippen LogP) is 1.38. The largest absolute Gasteiger partial charge is 0.481 e. The molecule has 1 aromatic heterocycles. The number of aromatic nitrogens is 2. The molecule has 0 atom stereocenters. The molecule has 2 heterocycles. The van der Waals surface area contributed by atoms with E-state index in [4.69, 9.17) is 5.11 Å². The molecule has 0 radical (unpaired) electrons. The van der Waals surface area contributed by atoms with Gasteiger partial charge in [0.05, 0.1) is 11.4 Å². The van der Waals surface area contributed by atoms with E-state index in [2.05, 4.69) is 4.98 Å². The molecule has 7 heteroatoms. The van der Waals surface area contributed by atoms with Gasteiger partial charge in [0, 0.05) is 19.3 Å². The first-order chi connectivity index (χ1) is 9.56. The third kappa shape index (κ3) is 4.00. The molecule has 1 N–H and O–H groups in total. The Kier molecular flexibility index (Phi) is 5.05. The lowest BCUT2D eigenvalue weighted by molar-refractivity contribution is -0.134. The third-order valence-corrected chi connectivity index (χ3v) is 4.17. The summed E-state index contributed by atoms with van der Waals surface area (Å²) in [6, 6.07) is 0. The maximum Gasteiger partial charge on any atom is 0.313 e. The Morgan fingerprint density at radius 2 is 2.05 bits per heavy atom. The first-order valence-electron chi connectivity index (χ1n) is 6.72. The summed E-state index contributed by atoms with van der Waals surface area (Å²) >= 11 is 1.15. The van der Waals surface area contributed by atoms with Crippen molar-refractivity contribution in [1.29, 1.82) is 0 Å². The molecular weight excluding hydrogens is 278 g/mol. The van der Waals surface area contributed by atoms with Crippen molar-refractivity contribution in [2.75, 3.05) is 18.8 Å². The smallest absolute Gasteiger partial charge is 0.313 e. The molecule has 0 saturated carbocycles. The summed E-state index contributed by atoms with van der Waals surface area (Å²) in [4.78, 5) is 29.0. The summed E-state index contributed by atoms with van der Waals surface area (Å²) in [5, 5.41) is 9.32. The minimum Gasteiger partial charge on any atom is -0.481 e. The Bertz CT molecular complexity index is 495. The number of hydrogen-bond acceptors (Lipinski definition) is 4. The van der Waals surface area contributed by atoms with Crippen LogP contribution in [0.4, 0.5) is 0 Å². The highest BCUT2D eigenvalue weighted by atomic mass is 32.2. The van der Waals surface area contributed by atoms with Gasteiger partial charge >= 0.3 is 5.97 Å². The molecule has 20 heavy (non-hydrogen) atoms. The molecule has 0 aromatic carbocycles. The summed E-state index contributed by atoms with van der Waals surface area (Å²) in [6.07, 6.45) is 5.12. The second-order valence-corrected chi connectivity index (χ2v) is 5.86. The molecule has 1 amide bonds. The Morgan fingerprint density at radius 1 is 1.35 bits per heavy atom. The number of carbonyl (C=O) groups is 2. The van der Waals surface area contributed by atoms with E-state index in [1.54, 1.807) is 10.8 Å². The maximum absolute atomic E-state index is 12.2. The van der Waals surface area contributed by atoms with Gasteiger partial charge in [-0.3, -0.25) is 9.59 Å². The zero-order valence-corrected chi connectivity index (χ0v) is 12.4. The third-order valence-electron chi connectivity index (χ3n) is 3.20. The Balaban J connectivity index is 2.00. The maximum atomic E-state index is 12.2. The molecule has 2 rings (SSSR count). The van der Waals surface area contributed by atoms with Crippen molar-refractivity contribution < 1.29 is 14.7 Å². The normalized spacial score (nSPS) is 15.3.